The van der Waals surface area contributed by atoms with Crippen molar-refractivity contribution in [1.29, 1.82) is 0 Å². The van der Waals surface area contributed by atoms with Crippen LogP contribution in [0.4, 0.5) is 0 Å². The Morgan fingerprint density at radius 3 is 2.48 bits per heavy atom. The summed E-state index contributed by atoms with van der Waals surface area (Å²) in [6.45, 7) is 7.48. The van der Waals surface area contributed by atoms with Crippen LogP contribution in [0.1, 0.15) is 37.7 Å². The van der Waals surface area contributed by atoms with Gasteiger partial charge in [0.2, 0.25) is 0 Å². The fourth-order valence-electron chi connectivity index (χ4n) is 4.61. The minimum atomic E-state index is 0. The maximum Gasteiger partial charge on any atom is 0.191 e. The van der Waals surface area contributed by atoms with E-state index < -0.39 is 0 Å². The molecule has 0 saturated carbocycles. The normalized spacial score (nSPS) is 19.8. The van der Waals surface area contributed by atoms with E-state index in [-0.39, 0.29) is 29.5 Å². The number of ether oxygens (including phenoxy) is 2. The summed E-state index contributed by atoms with van der Waals surface area (Å²) in [5, 5.41) is 6.96. The maximum absolute atomic E-state index is 6.15. The monoisotopic (exact) mass is 573 g/mol. The van der Waals surface area contributed by atoms with Crippen LogP contribution in [0.2, 0.25) is 0 Å². The van der Waals surface area contributed by atoms with Crippen LogP contribution >= 0.6 is 24.0 Å². The van der Waals surface area contributed by atoms with E-state index in [1.54, 1.807) is 0 Å². The number of nitrogens with one attached hydrogen (secondary N) is 2. The lowest BCUT2D eigenvalue weighted by molar-refractivity contribution is -0.00505. The minimum absolute atomic E-state index is 0. The average Bonchev–Trinajstić information content (AvgIpc) is 2.83. The number of likely N-dealkylation sites (N-methyl/N-ethyl adjacent to an activating group) is 1. The summed E-state index contributed by atoms with van der Waals surface area (Å²) in [5.41, 5.74) is 1.53. The molecular formula is C25H44IN5O2. The Kier molecular flexibility index (Phi) is 13.0. The Hall–Kier alpha value is -0.940. The van der Waals surface area contributed by atoms with Crippen molar-refractivity contribution >= 4 is 29.9 Å². The van der Waals surface area contributed by atoms with Crippen LogP contribution in [0.3, 0.4) is 0 Å². The highest BCUT2D eigenvalue weighted by molar-refractivity contribution is 14.0. The Bertz CT molecular complexity index is 675. The number of hydrogen-bond acceptors (Lipinski definition) is 5. The van der Waals surface area contributed by atoms with Gasteiger partial charge in [-0.1, -0.05) is 30.3 Å². The first-order chi connectivity index (χ1) is 15.6. The summed E-state index contributed by atoms with van der Waals surface area (Å²) in [5.74, 6) is 0.868. The van der Waals surface area contributed by atoms with Gasteiger partial charge in [0.15, 0.2) is 5.96 Å². The number of nitrogens with zero attached hydrogens (tertiary/aromatic N) is 3. The predicted octanol–water partition coefficient (Wildman–Crippen LogP) is 2.95. The summed E-state index contributed by atoms with van der Waals surface area (Å²) in [6.07, 6.45) is 5.72. The molecule has 0 aromatic heterocycles. The molecule has 0 atom stereocenters. The Morgan fingerprint density at radius 2 is 1.85 bits per heavy atom. The second-order valence-corrected chi connectivity index (χ2v) is 9.27. The largest absolute Gasteiger partial charge is 0.381 e. The number of likely N-dealkylation sites (tertiary alicyclic amines) is 1. The highest BCUT2D eigenvalue weighted by atomic mass is 127. The summed E-state index contributed by atoms with van der Waals surface area (Å²) in [6, 6.07) is 10.7. The van der Waals surface area contributed by atoms with Gasteiger partial charge >= 0.3 is 0 Å². The molecular weight excluding hydrogens is 529 g/mol. The highest BCUT2D eigenvalue weighted by Gasteiger charge is 2.34. The van der Waals surface area contributed by atoms with Crippen molar-refractivity contribution in [3.63, 3.8) is 0 Å². The van der Waals surface area contributed by atoms with E-state index >= 15 is 0 Å². The second kappa shape index (κ2) is 15.1. The smallest absolute Gasteiger partial charge is 0.191 e. The molecule has 1 aromatic rings. The summed E-state index contributed by atoms with van der Waals surface area (Å²) in [7, 11) is 6.15. The maximum atomic E-state index is 6.15. The molecule has 3 rings (SSSR count). The SMILES string of the molecule is CN=C(NCCCOC1CCN(Cc2ccccc2)CC1)NCC1(N(C)C)CCOCC1.I. The van der Waals surface area contributed by atoms with Crippen LogP contribution in [-0.4, -0.2) is 94.5 Å². The molecule has 2 fully saturated rings. The average molecular weight is 574 g/mol. The lowest BCUT2D eigenvalue weighted by atomic mass is 9.88. The van der Waals surface area contributed by atoms with Crippen LogP contribution in [0.25, 0.3) is 0 Å². The zero-order valence-electron chi connectivity index (χ0n) is 20.7. The Balaban J connectivity index is 0.00000385. The number of hydrogen-bond donors (Lipinski definition) is 2. The molecule has 0 spiro atoms. The molecule has 0 radical (unpaired) electrons. The summed E-state index contributed by atoms with van der Waals surface area (Å²) < 4.78 is 11.7. The third-order valence-corrected chi connectivity index (χ3v) is 6.93. The number of piperidine rings is 1. The lowest BCUT2D eigenvalue weighted by Gasteiger charge is -2.43. The van der Waals surface area contributed by atoms with Gasteiger partial charge < -0.3 is 25.0 Å². The Labute approximate surface area is 217 Å². The molecule has 2 saturated heterocycles. The molecule has 0 bridgehead atoms. The van der Waals surface area contributed by atoms with Gasteiger partial charge in [-0.25, -0.2) is 0 Å². The standard InChI is InChI=1S/C25H43N5O2.HI/c1-26-24(28-21-25(29(2)3)12-18-31-19-13-25)27-14-7-17-32-23-10-15-30(16-11-23)20-22-8-5-4-6-9-22;/h4-6,8-9,23H,7,10-21H2,1-3H3,(H2,26,27,28);1H. The third kappa shape index (κ3) is 9.32. The summed E-state index contributed by atoms with van der Waals surface area (Å²) >= 11 is 0. The number of guanidine groups is 1. The Morgan fingerprint density at radius 1 is 1.15 bits per heavy atom. The van der Waals surface area contributed by atoms with Crippen LogP contribution in [0.15, 0.2) is 35.3 Å². The van der Waals surface area contributed by atoms with Crippen LogP contribution in [0, 0.1) is 0 Å². The van der Waals surface area contributed by atoms with Gasteiger partial charge in [-0.15, -0.1) is 24.0 Å². The van der Waals surface area contributed by atoms with E-state index in [4.69, 9.17) is 9.47 Å². The van der Waals surface area contributed by atoms with E-state index in [1.807, 2.05) is 7.05 Å². The van der Waals surface area contributed by atoms with E-state index in [2.05, 4.69) is 69.9 Å². The molecule has 33 heavy (non-hydrogen) atoms. The highest BCUT2D eigenvalue weighted by Crippen LogP contribution is 2.25. The molecule has 1 aromatic carbocycles. The second-order valence-electron chi connectivity index (χ2n) is 9.27. The van der Waals surface area contributed by atoms with Crippen molar-refractivity contribution in [3.05, 3.63) is 35.9 Å². The van der Waals surface area contributed by atoms with Crippen molar-refractivity contribution in [2.24, 2.45) is 4.99 Å². The van der Waals surface area contributed by atoms with Crippen molar-refractivity contribution in [2.75, 3.05) is 67.1 Å². The first-order valence-corrected chi connectivity index (χ1v) is 12.2. The van der Waals surface area contributed by atoms with Gasteiger partial charge in [0.25, 0.3) is 0 Å². The lowest BCUT2D eigenvalue weighted by Crippen LogP contribution is -2.57. The zero-order chi connectivity index (χ0) is 22.7. The molecule has 0 aliphatic carbocycles. The van der Waals surface area contributed by atoms with Crippen molar-refractivity contribution < 1.29 is 9.47 Å². The number of benzene rings is 1. The molecule has 188 valence electrons. The van der Waals surface area contributed by atoms with Crippen LogP contribution in [0.5, 0.6) is 0 Å². The minimum Gasteiger partial charge on any atom is -0.381 e. The number of rotatable bonds is 10. The fraction of sp³-hybridized carbons (Fsp3) is 0.720. The van der Waals surface area contributed by atoms with Crippen molar-refractivity contribution in [1.82, 2.24) is 20.4 Å². The molecule has 7 nitrogen and oxygen atoms in total. The quantitative estimate of drug-likeness (QED) is 0.194. The fourth-order valence-corrected chi connectivity index (χ4v) is 4.61. The molecule has 2 heterocycles. The van der Waals surface area contributed by atoms with Crippen molar-refractivity contribution in [2.45, 2.75) is 50.3 Å². The van der Waals surface area contributed by atoms with Gasteiger partial charge in [0.1, 0.15) is 0 Å². The topological polar surface area (TPSA) is 61.4 Å². The van der Waals surface area contributed by atoms with Crippen LogP contribution < -0.4 is 10.6 Å². The first kappa shape index (κ1) is 28.3. The molecule has 2 N–H and O–H groups in total. The predicted molar refractivity (Wildman–Crippen MR) is 147 cm³/mol. The van der Waals surface area contributed by atoms with E-state index in [0.717, 1.165) is 90.6 Å². The van der Waals surface area contributed by atoms with Gasteiger partial charge in [-0.05, 0) is 51.8 Å². The van der Waals surface area contributed by atoms with Crippen LogP contribution in [-0.2, 0) is 16.0 Å². The molecule has 8 heteroatoms. The van der Waals surface area contributed by atoms with E-state index in [0.29, 0.717) is 6.10 Å². The third-order valence-electron chi connectivity index (χ3n) is 6.93. The van der Waals surface area contributed by atoms with Gasteiger partial charge in [-0.3, -0.25) is 9.89 Å². The molecule has 0 amide bonds. The van der Waals surface area contributed by atoms with Gasteiger partial charge in [-0.2, -0.15) is 0 Å². The van der Waals surface area contributed by atoms with E-state index in [9.17, 15) is 0 Å². The number of halogens is 1. The molecule has 2 aliphatic heterocycles. The molecule has 2 aliphatic rings. The number of aliphatic imine (C=N–C) groups is 1. The first-order valence-electron chi connectivity index (χ1n) is 12.2. The zero-order valence-corrected chi connectivity index (χ0v) is 23.1. The van der Waals surface area contributed by atoms with Gasteiger partial charge in [0.05, 0.1) is 6.10 Å². The van der Waals surface area contributed by atoms with E-state index in [1.165, 1.54) is 5.56 Å². The molecule has 0 unspecified atom stereocenters. The van der Waals surface area contributed by atoms with Crippen molar-refractivity contribution in [3.8, 4) is 0 Å². The van der Waals surface area contributed by atoms with Gasteiger partial charge in [0, 0.05) is 65.1 Å². The summed E-state index contributed by atoms with van der Waals surface area (Å²) in [4.78, 5) is 9.25.